The topological polar surface area (TPSA) is 59.8 Å². The lowest BCUT2D eigenvalue weighted by atomic mass is 9.99. The van der Waals surface area contributed by atoms with E-state index in [4.69, 9.17) is 4.74 Å². The van der Waals surface area contributed by atoms with Crippen LogP contribution in [0.15, 0.2) is 0 Å². The second kappa shape index (κ2) is 9.36. The average molecular weight is 336 g/mol. The quantitative estimate of drug-likeness (QED) is 0.725. The van der Waals surface area contributed by atoms with Gasteiger partial charge in [0.1, 0.15) is 6.04 Å². The summed E-state index contributed by atoms with van der Waals surface area (Å²) in [5.74, 6) is 1.10. The van der Waals surface area contributed by atoms with Crippen LogP contribution in [-0.4, -0.2) is 86.2 Å². The molecule has 6 heteroatoms. The van der Waals surface area contributed by atoms with Gasteiger partial charge in [0.05, 0.1) is 19.2 Å². The van der Waals surface area contributed by atoms with E-state index in [1.165, 1.54) is 6.42 Å². The number of carbonyl (C=O) groups excluding carboxylic acids is 1. The molecule has 2 rings (SSSR count). The Hall–Kier alpha value is -1.16. The molecule has 0 aliphatic carbocycles. The van der Waals surface area contributed by atoms with Crippen LogP contribution in [0.2, 0.25) is 0 Å². The van der Waals surface area contributed by atoms with Crippen molar-refractivity contribution in [1.82, 2.24) is 14.7 Å². The molecule has 2 fully saturated rings. The number of ether oxygens (including phenoxy) is 1. The molecule has 0 aromatic rings. The van der Waals surface area contributed by atoms with Gasteiger partial charge in [0.15, 0.2) is 0 Å². The summed E-state index contributed by atoms with van der Waals surface area (Å²) < 4.78 is 5.26. The van der Waals surface area contributed by atoms with Gasteiger partial charge in [0, 0.05) is 39.8 Å². The summed E-state index contributed by atoms with van der Waals surface area (Å²) >= 11 is 0. The van der Waals surface area contributed by atoms with Crippen LogP contribution in [0, 0.1) is 23.2 Å². The molecule has 2 atom stereocenters. The molecule has 2 aliphatic heterocycles. The number of hydrogen-bond donors (Lipinski definition) is 0. The van der Waals surface area contributed by atoms with Gasteiger partial charge in [-0.2, -0.15) is 5.26 Å². The van der Waals surface area contributed by atoms with Crippen molar-refractivity contribution in [2.45, 2.75) is 32.7 Å². The first kappa shape index (κ1) is 19.2. The van der Waals surface area contributed by atoms with E-state index in [0.717, 1.165) is 52.3 Å². The summed E-state index contributed by atoms with van der Waals surface area (Å²) in [7, 11) is 1.75. The molecule has 2 heterocycles. The molecule has 0 saturated carbocycles. The van der Waals surface area contributed by atoms with Crippen LogP contribution in [0.25, 0.3) is 0 Å². The number of carbonyl (C=O) groups is 1. The summed E-state index contributed by atoms with van der Waals surface area (Å²) in [6.45, 7) is 10.5. The van der Waals surface area contributed by atoms with Crippen LogP contribution in [0.4, 0.5) is 0 Å². The number of likely N-dealkylation sites (tertiary alicyclic amines) is 1. The Morgan fingerprint density at radius 2 is 1.96 bits per heavy atom. The van der Waals surface area contributed by atoms with E-state index >= 15 is 0 Å². The van der Waals surface area contributed by atoms with Gasteiger partial charge in [-0.15, -0.1) is 0 Å². The molecule has 2 saturated heterocycles. The smallest absolute Gasteiger partial charge is 0.236 e. The van der Waals surface area contributed by atoms with Crippen molar-refractivity contribution < 1.29 is 9.53 Å². The van der Waals surface area contributed by atoms with Crippen molar-refractivity contribution in [2.24, 2.45) is 11.8 Å². The third-order valence-corrected chi connectivity index (χ3v) is 5.19. The number of amides is 1. The highest BCUT2D eigenvalue weighted by atomic mass is 16.5. The normalized spacial score (nSPS) is 24.8. The van der Waals surface area contributed by atoms with E-state index in [1.807, 2.05) is 4.90 Å². The zero-order chi connectivity index (χ0) is 17.5. The Morgan fingerprint density at radius 3 is 2.54 bits per heavy atom. The van der Waals surface area contributed by atoms with Crippen LogP contribution >= 0.6 is 0 Å². The third kappa shape index (κ3) is 5.17. The standard InChI is InChI=1S/C18H32N4O2/c1-15(2)17(11-19)21-7-9-22(10-8-21)18(23)13-20-6-4-5-16(12-20)14-24-3/h15-17H,4-10,12-14H2,1-3H3. The number of rotatable bonds is 6. The average Bonchev–Trinajstić information content (AvgIpc) is 2.56. The number of methoxy groups -OCH3 is 1. The highest BCUT2D eigenvalue weighted by Crippen LogP contribution is 2.17. The number of piperazine rings is 1. The SMILES string of the molecule is COCC1CCCN(CC(=O)N2CCN(C(C#N)C(C)C)CC2)C1. The molecule has 136 valence electrons. The maximum absolute atomic E-state index is 12.6. The zero-order valence-corrected chi connectivity index (χ0v) is 15.4. The van der Waals surface area contributed by atoms with Crippen LogP contribution < -0.4 is 0 Å². The lowest BCUT2D eigenvalue weighted by Gasteiger charge is -2.39. The molecule has 1 amide bonds. The lowest BCUT2D eigenvalue weighted by molar-refractivity contribution is -0.135. The predicted molar refractivity (Wildman–Crippen MR) is 93.4 cm³/mol. The lowest BCUT2D eigenvalue weighted by Crippen LogP contribution is -2.54. The van der Waals surface area contributed by atoms with Gasteiger partial charge in [-0.05, 0) is 31.2 Å². The fourth-order valence-electron chi connectivity index (χ4n) is 3.86. The van der Waals surface area contributed by atoms with Gasteiger partial charge in [-0.25, -0.2) is 0 Å². The molecule has 0 aromatic carbocycles. The first-order valence-electron chi connectivity index (χ1n) is 9.18. The minimum absolute atomic E-state index is 0.0425. The summed E-state index contributed by atoms with van der Waals surface area (Å²) in [4.78, 5) is 19.0. The number of nitriles is 1. The van der Waals surface area contributed by atoms with Crippen LogP contribution in [-0.2, 0) is 9.53 Å². The van der Waals surface area contributed by atoms with Crippen LogP contribution in [0.1, 0.15) is 26.7 Å². The first-order valence-corrected chi connectivity index (χ1v) is 9.18. The predicted octanol–water partition coefficient (Wildman–Crippen LogP) is 1.04. The molecule has 24 heavy (non-hydrogen) atoms. The van der Waals surface area contributed by atoms with E-state index in [-0.39, 0.29) is 11.9 Å². The zero-order valence-electron chi connectivity index (χ0n) is 15.4. The van der Waals surface area contributed by atoms with Crippen molar-refractivity contribution in [3.05, 3.63) is 0 Å². The van der Waals surface area contributed by atoms with E-state index in [2.05, 4.69) is 29.7 Å². The van der Waals surface area contributed by atoms with Gasteiger partial charge >= 0.3 is 0 Å². The summed E-state index contributed by atoms with van der Waals surface area (Å²) in [6.07, 6.45) is 2.34. The summed E-state index contributed by atoms with van der Waals surface area (Å²) in [5, 5.41) is 9.32. The minimum atomic E-state index is -0.0425. The van der Waals surface area contributed by atoms with Crippen molar-refractivity contribution >= 4 is 5.91 Å². The maximum Gasteiger partial charge on any atom is 0.236 e. The van der Waals surface area contributed by atoms with Crippen molar-refractivity contribution in [3.63, 3.8) is 0 Å². The number of piperidine rings is 1. The summed E-state index contributed by atoms with van der Waals surface area (Å²) in [5.41, 5.74) is 0. The third-order valence-electron chi connectivity index (χ3n) is 5.19. The second-order valence-corrected chi connectivity index (χ2v) is 7.43. The molecule has 0 spiro atoms. The molecule has 2 aliphatic rings. The molecular weight excluding hydrogens is 304 g/mol. The maximum atomic E-state index is 12.6. The highest BCUT2D eigenvalue weighted by molar-refractivity contribution is 5.78. The molecule has 0 N–H and O–H groups in total. The Balaban J connectivity index is 1.77. The van der Waals surface area contributed by atoms with Gasteiger partial charge in [-0.3, -0.25) is 14.6 Å². The Bertz CT molecular complexity index is 439. The Labute approximate surface area is 146 Å². The van der Waals surface area contributed by atoms with Crippen LogP contribution in [0.3, 0.4) is 0 Å². The largest absolute Gasteiger partial charge is 0.384 e. The van der Waals surface area contributed by atoms with E-state index in [1.54, 1.807) is 7.11 Å². The molecule has 2 unspecified atom stereocenters. The molecule has 0 bridgehead atoms. The fraction of sp³-hybridized carbons (Fsp3) is 0.889. The number of hydrogen-bond acceptors (Lipinski definition) is 5. The Kier molecular flexibility index (Phi) is 7.47. The summed E-state index contributed by atoms with van der Waals surface area (Å²) in [6, 6.07) is 2.36. The van der Waals surface area contributed by atoms with Gasteiger partial charge in [0.25, 0.3) is 0 Å². The highest BCUT2D eigenvalue weighted by Gasteiger charge is 2.29. The Morgan fingerprint density at radius 1 is 1.25 bits per heavy atom. The molecule has 6 nitrogen and oxygen atoms in total. The molecular formula is C18H32N4O2. The number of nitrogens with zero attached hydrogens (tertiary/aromatic N) is 4. The van der Waals surface area contributed by atoms with Crippen LogP contribution in [0.5, 0.6) is 0 Å². The van der Waals surface area contributed by atoms with E-state index in [9.17, 15) is 10.1 Å². The molecule has 0 radical (unpaired) electrons. The second-order valence-electron chi connectivity index (χ2n) is 7.43. The van der Waals surface area contributed by atoms with E-state index in [0.29, 0.717) is 18.4 Å². The van der Waals surface area contributed by atoms with E-state index < -0.39 is 0 Å². The monoisotopic (exact) mass is 336 g/mol. The first-order chi connectivity index (χ1) is 11.5. The molecule has 0 aromatic heterocycles. The van der Waals surface area contributed by atoms with Gasteiger partial charge in [-0.1, -0.05) is 13.8 Å². The van der Waals surface area contributed by atoms with Gasteiger partial charge < -0.3 is 9.64 Å². The van der Waals surface area contributed by atoms with Crippen molar-refractivity contribution in [2.75, 3.05) is 59.5 Å². The minimum Gasteiger partial charge on any atom is -0.384 e. The fourth-order valence-corrected chi connectivity index (χ4v) is 3.86. The van der Waals surface area contributed by atoms with Crippen molar-refractivity contribution in [3.8, 4) is 6.07 Å². The van der Waals surface area contributed by atoms with Crippen molar-refractivity contribution in [1.29, 1.82) is 5.26 Å². The van der Waals surface area contributed by atoms with Gasteiger partial charge in [0.2, 0.25) is 5.91 Å².